The lowest BCUT2D eigenvalue weighted by atomic mass is 10.4. The van der Waals surface area contributed by atoms with Gasteiger partial charge in [-0.2, -0.15) is 0 Å². The molecule has 0 amide bonds. The van der Waals surface area contributed by atoms with Gasteiger partial charge in [0.05, 0.1) is 0 Å². The normalized spacial score (nSPS) is 24.4. The molecule has 1 rings (SSSR count). The predicted molar refractivity (Wildman–Crippen MR) is 47.8 cm³/mol. The smallest absolute Gasteiger partial charge is 0.100 e. The van der Waals surface area contributed by atoms with E-state index in [1.807, 2.05) is 37.3 Å². The van der Waals surface area contributed by atoms with Crippen molar-refractivity contribution >= 4 is 0 Å². The summed E-state index contributed by atoms with van der Waals surface area (Å²) in [4.78, 5) is 4.10. The third-order valence-electron chi connectivity index (χ3n) is 1.78. The largest absolute Gasteiger partial charge is 0.358 e. The monoisotopic (exact) mass is 150 g/mol. The second-order valence-corrected chi connectivity index (χ2v) is 2.68. The molecule has 60 valence electrons. The lowest BCUT2D eigenvalue weighted by Gasteiger charge is -2.27. The zero-order valence-electron chi connectivity index (χ0n) is 7.12. The Kier molecular flexibility index (Phi) is 2.36. The summed E-state index contributed by atoms with van der Waals surface area (Å²) in [6.07, 6.45) is 8.15. The summed E-state index contributed by atoms with van der Waals surface area (Å²) in [5, 5.41) is 0. The minimum absolute atomic E-state index is 0.924. The second-order valence-electron chi connectivity index (χ2n) is 2.68. The molecule has 2 heteroatoms. The molecule has 0 aliphatic carbocycles. The maximum absolute atomic E-state index is 3.94. The fraction of sp³-hybridized carbons (Fsp3) is 0.333. The van der Waals surface area contributed by atoms with Gasteiger partial charge in [0, 0.05) is 26.8 Å². The summed E-state index contributed by atoms with van der Waals surface area (Å²) in [6.45, 7) is 4.87. The van der Waals surface area contributed by atoms with E-state index >= 15 is 0 Å². The Morgan fingerprint density at radius 1 is 1.36 bits per heavy atom. The van der Waals surface area contributed by atoms with Gasteiger partial charge < -0.3 is 9.80 Å². The summed E-state index contributed by atoms with van der Waals surface area (Å²) >= 11 is 0. The molecule has 0 atom stereocenters. The predicted octanol–water partition coefficient (Wildman–Crippen LogP) is 1.40. The number of likely N-dealkylation sites (N-methyl/N-ethyl adjacent to an activating group) is 1. The molecule has 0 aromatic heterocycles. The number of nitrogens with zero attached hydrogens (tertiary/aromatic N) is 2. The van der Waals surface area contributed by atoms with Gasteiger partial charge in [0.15, 0.2) is 0 Å². The van der Waals surface area contributed by atoms with Gasteiger partial charge in [0.1, 0.15) is 5.82 Å². The highest BCUT2D eigenvalue weighted by atomic mass is 15.3. The van der Waals surface area contributed by atoms with Crippen molar-refractivity contribution in [3.8, 4) is 0 Å². The van der Waals surface area contributed by atoms with Gasteiger partial charge in [0.2, 0.25) is 0 Å². The van der Waals surface area contributed by atoms with Crippen molar-refractivity contribution in [2.24, 2.45) is 0 Å². The van der Waals surface area contributed by atoms with Crippen molar-refractivity contribution in [1.29, 1.82) is 0 Å². The van der Waals surface area contributed by atoms with Crippen LogP contribution >= 0.6 is 0 Å². The molecule has 1 heterocycles. The summed E-state index contributed by atoms with van der Waals surface area (Å²) in [5.41, 5.74) is 0. The first kappa shape index (κ1) is 7.92. The van der Waals surface area contributed by atoms with Crippen LogP contribution in [0.5, 0.6) is 0 Å². The summed E-state index contributed by atoms with van der Waals surface area (Å²) in [6, 6.07) is 0. The molecule has 0 saturated carbocycles. The van der Waals surface area contributed by atoms with Crippen LogP contribution in [-0.2, 0) is 0 Å². The molecule has 0 bridgehead atoms. The summed E-state index contributed by atoms with van der Waals surface area (Å²) in [5.74, 6) is 1.02. The quantitative estimate of drug-likeness (QED) is 0.515. The summed E-state index contributed by atoms with van der Waals surface area (Å²) < 4.78 is 0. The van der Waals surface area contributed by atoms with Crippen LogP contribution in [-0.4, -0.2) is 30.4 Å². The highest BCUT2D eigenvalue weighted by Crippen LogP contribution is 2.06. The van der Waals surface area contributed by atoms with E-state index in [2.05, 4.69) is 17.6 Å². The van der Waals surface area contributed by atoms with Gasteiger partial charge in [-0.1, -0.05) is 18.7 Å². The van der Waals surface area contributed by atoms with E-state index in [1.54, 1.807) is 0 Å². The average Bonchev–Trinajstić information content (AvgIpc) is 2.00. The zero-order chi connectivity index (χ0) is 8.27. The molecule has 0 aromatic carbocycles. The van der Waals surface area contributed by atoms with Gasteiger partial charge in [0.25, 0.3) is 0 Å². The maximum Gasteiger partial charge on any atom is 0.100 e. The minimum Gasteiger partial charge on any atom is -0.358 e. The second kappa shape index (κ2) is 3.28. The van der Waals surface area contributed by atoms with Crippen LogP contribution in [0.1, 0.15) is 0 Å². The van der Waals surface area contributed by atoms with E-state index < -0.39 is 0 Å². The van der Waals surface area contributed by atoms with Gasteiger partial charge in [-0.15, -0.1) is 0 Å². The average molecular weight is 150 g/mol. The Morgan fingerprint density at radius 3 is 2.82 bits per heavy atom. The minimum atomic E-state index is 0.924. The number of allylic oxidation sites excluding steroid dienone is 2. The molecule has 0 N–H and O–H groups in total. The first-order chi connectivity index (χ1) is 5.22. The lowest BCUT2D eigenvalue weighted by Crippen LogP contribution is -2.27. The Hall–Kier alpha value is -1.18. The van der Waals surface area contributed by atoms with E-state index in [4.69, 9.17) is 0 Å². The molecular formula is C9H14N2. The fourth-order valence-electron chi connectivity index (χ4n) is 0.937. The van der Waals surface area contributed by atoms with Crippen molar-refractivity contribution in [3.05, 3.63) is 36.8 Å². The van der Waals surface area contributed by atoms with Crippen molar-refractivity contribution in [1.82, 2.24) is 9.80 Å². The van der Waals surface area contributed by atoms with E-state index in [9.17, 15) is 0 Å². The van der Waals surface area contributed by atoms with Crippen molar-refractivity contribution in [2.75, 3.05) is 20.6 Å². The van der Waals surface area contributed by atoms with E-state index in [0.717, 1.165) is 12.4 Å². The van der Waals surface area contributed by atoms with Crippen LogP contribution < -0.4 is 0 Å². The molecule has 1 aliphatic heterocycles. The van der Waals surface area contributed by atoms with E-state index in [1.165, 1.54) is 0 Å². The molecule has 0 unspecified atom stereocenters. The third-order valence-corrected chi connectivity index (χ3v) is 1.78. The number of rotatable bonds is 0. The first-order valence-corrected chi connectivity index (χ1v) is 3.68. The number of hydrogen-bond acceptors (Lipinski definition) is 2. The van der Waals surface area contributed by atoms with Crippen LogP contribution in [0.15, 0.2) is 36.8 Å². The molecule has 1 aliphatic rings. The zero-order valence-corrected chi connectivity index (χ0v) is 7.12. The lowest BCUT2D eigenvalue weighted by molar-refractivity contribution is 0.343. The van der Waals surface area contributed by atoms with Crippen molar-refractivity contribution < 1.29 is 0 Å². The molecule has 0 fully saturated rings. The Balaban J connectivity index is 2.75. The molecule has 11 heavy (non-hydrogen) atoms. The van der Waals surface area contributed by atoms with E-state index in [0.29, 0.717) is 0 Å². The maximum atomic E-state index is 3.94. The standard InChI is InChI=1S/C9H14N2/c1-9-10(2)7-5-4-6-8-11(9)3/h4-7H,1,8H2,2-3H3/b6-4-,7-5-. The molecular weight excluding hydrogens is 136 g/mol. The Bertz CT molecular complexity index is 204. The first-order valence-electron chi connectivity index (χ1n) is 3.68. The van der Waals surface area contributed by atoms with Crippen LogP contribution in [0.3, 0.4) is 0 Å². The van der Waals surface area contributed by atoms with Gasteiger partial charge >= 0.3 is 0 Å². The molecule has 2 nitrogen and oxygen atoms in total. The van der Waals surface area contributed by atoms with E-state index in [-0.39, 0.29) is 0 Å². The fourth-order valence-corrected chi connectivity index (χ4v) is 0.937. The van der Waals surface area contributed by atoms with Crippen LogP contribution in [0, 0.1) is 0 Å². The molecule has 0 radical (unpaired) electrons. The molecule has 0 spiro atoms. The van der Waals surface area contributed by atoms with Crippen LogP contribution in [0.4, 0.5) is 0 Å². The SMILES string of the molecule is C=C1N(C)/C=C\C=C/CN1C. The van der Waals surface area contributed by atoms with Crippen LogP contribution in [0.2, 0.25) is 0 Å². The molecule has 0 aromatic rings. The van der Waals surface area contributed by atoms with Crippen molar-refractivity contribution in [2.45, 2.75) is 0 Å². The molecule has 0 saturated heterocycles. The van der Waals surface area contributed by atoms with Gasteiger partial charge in [-0.3, -0.25) is 0 Å². The Morgan fingerprint density at radius 2 is 2.09 bits per heavy atom. The van der Waals surface area contributed by atoms with Gasteiger partial charge in [-0.05, 0) is 6.08 Å². The third kappa shape index (κ3) is 1.87. The topological polar surface area (TPSA) is 6.48 Å². The highest BCUT2D eigenvalue weighted by molar-refractivity contribution is 5.10. The summed E-state index contributed by atoms with van der Waals surface area (Å²) in [7, 11) is 4.02. The van der Waals surface area contributed by atoms with Crippen LogP contribution in [0.25, 0.3) is 0 Å². The highest BCUT2D eigenvalue weighted by Gasteiger charge is 2.03. The number of hydrogen-bond donors (Lipinski definition) is 0. The van der Waals surface area contributed by atoms with Gasteiger partial charge in [-0.25, -0.2) is 0 Å². The van der Waals surface area contributed by atoms with Crippen molar-refractivity contribution in [3.63, 3.8) is 0 Å². The Labute approximate surface area is 68.1 Å².